The Bertz CT molecular complexity index is 644. The zero-order chi connectivity index (χ0) is 15.4. The van der Waals surface area contributed by atoms with Crippen LogP contribution in [0.4, 0.5) is 0 Å². The van der Waals surface area contributed by atoms with Gasteiger partial charge in [-0.05, 0) is 49.4 Å². The molecule has 3 aliphatic rings. The monoisotopic (exact) mass is 317 g/mol. The van der Waals surface area contributed by atoms with Crippen LogP contribution in [0.15, 0.2) is 24.3 Å². The van der Waals surface area contributed by atoms with Gasteiger partial charge in [0.1, 0.15) is 0 Å². The van der Waals surface area contributed by atoms with E-state index in [2.05, 4.69) is 47.9 Å². The summed E-state index contributed by atoms with van der Waals surface area (Å²) in [6, 6.07) is 4.44. The summed E-state index contributed by atoms with van der Waals surface area (Å²) >= 11 is 2.11. The number of methoxy groups -OCH3 is 2. The number of hydrogen-bond acceptors (Lipinski definition) is 4. The molecule has 22 heavy (non-hydrogen) atoms. The highest BCUT2D eigenvalue weighted by Crippen LogP contribution is 2.61. The maximum atomic E-state index is 5.59. The average molecular weight is 317 g/mol. The third-order valence-corrected chi connectivity index (χ3v) is 7.33. The Morgan fingerprint density at radius 2 is 1.82 bits per heavy atom. The van der Waals surface area contributed by atoms with Crippen molar-refractivity contribution in [1.82, 2.24) is 4.90 Å². The zero-order valence-electron chi connectivity index (χ0n) is 13.5. The van der Waals surface area contributed by atoms with Crippen molar-refractivity contribution in [1.29, 1.82) is 0 Å². The summed E-state index contributed by atoms with van der Waals surface area (Å²) in [6.07, 6.45) is 8.06. The van der Waals surface area contributed by atoms with Gasteiger partial charge in [0.15, 0.2) is 11.5 Å². The molecule has 2 heterocycles. The fourth-order valence-corrected chi connectivity index (χ4v) is 6.07. The number of rotatable bonds is 2. The fraction of sp³-hybridized carbons (Fsp3) is 0.556. The second-order valence-electron chi connectivity index (χ2n) is 6.62. The van der Waals surface area contributed by atoms with Gasteiger partial charge in [0.2, 0.25) is 0 Å². The van der Waals surface area contributed by atoms with E-state index in [0.29, 0.717) is 0 Å². The Morgan fingerprint density at radius 3 is 2.59 bits per heavy atom. The highest BCUT2D eigenvalue weighted by molar-refractivity contribution is 8.00. The van der Waals surface area contributed by atoms with E-state index in [0.717, 1.165) is 43.2 Å². The first-order valence-corrected chi connectivity index (χ1v) is 8.92. The molecule has 1 aromatic rings. The molecule has 1 fully saturated rings. The van der Waals surface area contributed by atoms with Gasteiger partial charge in [0.25, 0.3) is 0 Å². The molecule has 1 saturated heterocycles. The normalized spacial score (nSPS) is 33.0. The molecule has 0 aromatic heterocycles. The van der Waals surface area contributed by atoms with Gasteiger partial charge in [-0.15, -0.1) is 11.8 Å². The number of fused-ring (bicyclic) bond motifs is 1. The first-order chi connectivity index (χ1) is 10.6. The van der Waals surface area contributed by atoms with E-state index in [-0.39, 0.29) is 10.3 Å². The number of thioether (sulfide) groups is 1. The SMILES string of the molecule is COc1cc2c(cc1OC)[C@@]13CC=CC[C@@]1(C)SCN3CC2. The van der Waals surface area contributed by atoms with Gasteiger partial charge in [-0.3, -0.25) is 4.90 Å². The van der Waals surface area contributed by atoms with E-state index in [9.17, 15) is 0 Å². The molecule has 0 N–H and O–H groups in total. The third-order valence-electron chi connectivity index (χ3n) is 5.75. The summed E-state index contributed by atoms with van der Waals surface area (Å²) in [4.78, 5) is 2.69. The minimum absolute atomic E-state index is 0.111. The first-order valence-electron chi connectivity index (χ1n) is 7.94. The van der Waals surface area contributed by atoms with Crippen LogP contribution >= 0.6 is 11.8 Å². The second kappa shape index (κ2) is 4.93. The molecule has 4 rings (SSSR count). The van der Waals surface area contributed by atoms with Crippen LogP contribution in [0.1, 0.15) is 30.9 Å². The maximum absolute atomic E-state index is 5.59. The van der Waals surface area contributed by atoms with Gasteiger partial charge in [0, 0.05) is 17.2 Å². The smallest absolute Gasteiger partial charge is 0.161 e. The molecule has 1 aliphatic carbocycles. The van der Waals surface area contributed by atoms with Crippen molar-refractivity contribution in [2.24, 2.45) is 0 Å². The molecule has 1 aromatic carbocycles. The molecule has 0 unspecified atom stereocenters. The van der Waals surface area contributed by atoms with Crippen molar-refractivity contribution in [2.75, 3.05) is 26.6 Å². The summed E-state index contributed by atoms with van der Waals surface area (Å²) in [5.74, 6) is 2.84. The lowest BCUT2D eigenvalue weighted by Gasteiger charge is -2.52. The van der Waals surface area contributed by atoms with Crippen LogP contribution in [0.3, 0.4) is 0 Å². The van der Waals surface area contributed by atoms with Gasteiger partial charge < -0.3 is 9.47 Å². The van der Waals surface area contributed by atoms with Crippen LogP contribution in [-0.2, 0) is 12.0 Å². The van der Waals surface area contributed by atoms with Gasteiger partial charge in [-0.25, -0.2) is 0 Å². The summed E-state index contributed by atoms with van der Waals surface area (Å²) in [5, 5.41) is 0. The van der Waals surface area contributed by atoms with Crippen molar-refractivity contribution in [3.05, 3.63) is 35.4 Å². The molecule has 118 valence electrons. The number of ether oxygens (including phenoxy) is 2. The highest BCUT2D eigenvalue weighted by Gasteiger charge is 2.59. The van der Waals surface area contributed by atoms with Crippen molar-refractivity contribution in [3.8, 4) is 11.5 Å². The van der Waals surface area contributed by atoms with Crippen LogP contribution in [0.5, 0.6) is 11.5 Å². The lowest BCUT2D eigenvalue weighted by atomic mass is 9.67. The van der Waals surface area contributed by atoms with Gasteiger partial charge in [-0.1, -0.05) is 12.2 Å². The van der Waals surface area contributed by atoms with Crippen molar-refractivity contribution in [3.63, 3.8) is 0 Å². The second-order valence-corrected chi connectivity index (χ2v) is 8.07. The van der Waals surface area contributed by atoms with E-state index in [1.807, 2.05) is 0 Å². The largest absolute Gasteiger partial charge is 0.493 e. The minimum Gasteiger partial charge on any atom is -0.493 e. The summed E-state index contributed by atoms with van der Waals surface area (Å²) in [7, 11) is 3.45. The molecular formula is C18H23NO2S. The number of allylic oxidation sites excluding steroid dienone is 1. The van der Waals surface area contributed by atoms with E-state index in [4.69, 9.17) is 9.47 Å². The third kappa shape index (κ3) is 1.68. The van der Waals surface area contributed by atoms with Gasteiger partial charge >= 0.3 is 0 Å². The van der Waals surface area contributed by atoms with Crippen LogP contribution in [-0.4, -0.2) is 36.3 Å². The maximum Gasteiger partial charge on any atom is 0.161 e. The summed E-state index contributed by atoms with van der Waals surface area (Å²) in [6.45, 7) is 3.58. The van der Waals surface area contributed by atoms with E-state index < -0.39 is 0 Å². The molecule has 2 aliphatic heterocycles. The first kappa shape index (κ1) is 14.5. The lowest BCUT2D eigenvalue weighted by molar-refractivity contribution is 0.0759. The Balaban J connectivity index is 1.95. The summed E-state index contributed by atoms with van der Waals surface area (Å²) in [5.41, 5.74) is 2.99. The van der Waals surface area contributed by atoms with Crippen LogP contribution in [0.25, 0.3) is 0 Å². The molecule has 2 atom stereocenters. The molecular weight excluding hydrogens is 294 g/mol. The molecule has 0 bridgehead atoms. The number of nitrogens with zero attached hydrogens (tertiary/aromatic N) is 1. The predicted octanol–water partition coefficient (Wildman–Crippen LogP) is 3.57. The van der Waals surface area contributed by atoms with Crippen LogP contribution < -0.4 is 9.47 Å². The van der Waals surface area contributed by atoms with Crippen molar-refractivity contribution >= 4 is 11.8 Å². The van der Waals surface area contributed by atoms with E-state index in [1.54, 1.807) is 14.2 Å². The molecule has 1 spiro atoms. The Morgan fingerprint density at radius 1 is 1.09 bits per heavy atom. The van der Waals surface area contributed by atoms with E-state index in [1.165, 1.54) is 11.1 Å². The predicted molar refractivity (Wildman–Crippen MR) is 90.9 cm³/mol. The Labute approximate surface area is 136 Å². The van der Waals surface area contributed by atoms with E-state index >= 15 is 0 Å². The standard InChI is InChI=1S/C18H23NO2S/c1-17-7-4-5-8-18(17)14-11-16(21-3)15(20-2)10-13(14)6-9-19(18)12-22-17/h4-5,10-11H,6-9,12H2,1-3H3/t17-,18+/m1/s1. The molecule has 4 heteroatoms. The number of hydrogen-bond donors (Lipinski definition) is 0. The van der Waals surface area contributed by atoms with Crippen molar-refractivity contribution < 1.29 is 9.47 Å². The zero-order valence-corrected chi connectivity index (χ0v) is 14.3. The topological polar surface area (TPSA) is 21.7 Å². The van der Waals surface area contributed by atoms with Crippen molar-refractivity contribution in [2.45, 2.75) is 36.5 Å². The Kier molecular flexibility index (Phi) is 3.24. The lowest BCUT2D eigenvalue weighted by Crippen LogP contribution is -2.56. The number of benzene rings is 1. The molecule has 0 saturated carbocycles. The molecule has 3 nitrogen and oxygen atoms in total. The van der Waals surface area contributed by atoms with Crippen LogP contribution in [0.2, 0.25) is 0 Å². The molecule has 0 radical (unpaired) electrons. The van der Waals surface area contributed by atoms with Crippen LogP contribution in [0, 0.1) is 0 Å². The van der Waals surface area contributed by atoms with Gasteiger partial charge in [0.05, 0.1) is 19.8 Å². The fourth-order valence-electron chi connectivity index (χ4n) is 4.51. The summed E-state index contributed by atoms with van der Waals surface area (Å²) < 4.78 is 11.4. The minimum atomic E-state index is 0.111. The highest BCUT2D eigenvalue weighted by atomic mass is 32.2. The Hall–Kier alpha value is -1.13. The molecule has 0 amide bonds. The quantitative estimate of drug-likeness (QED) is 0.777. The average Bonchev–Trinajstić information content (AvgIpc) is 2.87. The van der Waals surface area contributed by atoms with Gasteiger partial charge in [-0.2, -0.15) is 0 Å².